The molecule has 0 radical (unpaired) electrons. The lowest BCUT2D eigenvalue weighted by molar-refractivity contribution is 0.0188. The Labute approximate surface area is 195 Å². The van der Waals surface area contributed by atoms with E-state index in [4.69, 9.17) is 15.0 Å². The van der Waals surface area contributed by atoms with Gasteiger partial charge in [-0.1, -0.05) is 24.3 Å². The molecule has 0 aliphatic carbocycles. The van der Waals surface area contributed by atoms with Gasteiger partial charge in [0.1, 0.15) is 5.60 Å². The van der Waals surface area contributed by atoms with E-state index in [1.165, 1.54) is 0 Å². The molecule has 0 unspecified atom stereocenters. The third-order valence-electron chi connectivity index (χ3n) is 5.89. The first-order valence-electron chi connectivity index (χ1n) is 11.5. The van der Waals surface area contributed by atoms with Crippen LogP contribution >= 0.6 is 0 Å². The number of carbonyl (C=O) groups excluding carboxylic acids is 1. The number of nitrogens with one attached hydrogen (secondary N) is 1. The fourth-order valence-electron chi connectivity index (χ4n) is 4.12. The summed E-state index contributed by atoms with van der Waals surface area (Å²) in [6.07, 6.45) is 1.64. The van der Waals surface area contributed by atoms with Gasteiger partial charge in [0.2, 0.25) is 5.95 Å². The molecular weight excluding hydrogens is 414 g/mol. The number of ether oxygens (including phenoxy) is 1. The van der Waals surface area contributed by atoms with Gasteiger partial charge in [-0.3, -0.25) is 0 Å². The van der Waals surface area contributed by atoms with Gasteiger partial charge in [0.15, 0.2) is 0 Å². The molecule has 4 rings (SSSR count). The minimum absolute atomic E-state index is 0.224. The SMILES string of the molecule is CC(C)(C)OC(=O)N1CCC(CNc2nc3ccccc3n2Cc2ccc(C#N)cc2)CC1. The first kappa shape index (κ1) is 22.7. The molecule has 7 heteroatoms. The molecule has 33 heavy (non-hydrogen) atoms. The number of likely N-dealkylation sites (tertiary alicyclic amines) is 1. The van der Waals surface area contributed by atoms with E-state index < -0.39 is 5.60 Å². The molecule has 1 aromatic heterocycles. The van der Waals surface area contributed by atoms with Crippen LogP contribution in [0.25, 0.3) is 11.0 Å². The van der Waals surface area contributed by atoms with E-state index in [1.54, 1.807) is 0 Å². The summed E-state index contributed by atoms with van der Waals surface area (Å²) < 4.78 is 7.69. The fourth-order valence-corrected chi connectivity index (χ4v) is 4.12. The van der Waals surface area contributed by atoms with Crippen molar-refractivity contribution in [2.75, 3.05) is 25.0 Å². The highest BCUT2D eigenvalue weighted by Crippen LogP contribution is 2.24. The molecule has 1 aliphatic rings. The second-order valence-electron chi connectivity index (χ2n) is 9.61. The summed E-state index contributed by atoms with van der Waals surface area (Å²) >= 11 is 0. The summed E-state index contributed by atoms with van der Waals surface area (Å²) in [5.41, 5.74) is 3.33. The standard InChI is InChI=1S/C26H31N5O2/c1-26(2,3)33-25(32)30-14-12-20(13-15-30)17-28-24-29-22-6-4-5-7-23(22)31(24)18-21-10-8-19(16-27)9-11-21/h4-11,20H,12-15,17-18H2,1-3H3,(H,28,29). The van der Waals surface area contributed by atoms with Crippen molar-refractivity contribution in [1.29, 1.82) is 5.26 Å². The number of rotatable bonds is 5. The van der Waals surface area contributed by atoms with E-state index in [9.17, 15) is 4.79 Å². The number of amides is 1. The van der Waals surface area contributed by atoms with E-state index >= 15 is 0 Å². The highest BCUT2D eigenvalue weighted by molar-refractivity contribution is 5.78. The highest BCUT2D eigenvalue weighted by atomic mass is 16.6. The van der Waals surface area contributed by atoms with Gasteiger partial charge in [0.25, 0.3) is 0 Å². The van der Waals surface area contributed by atoms with Crippen molar-refractivity contribution in [3.63, 3.8) is 0 Å². The maximum Gasteiger partial charge on any atom is 0.410 e. The van der Waals surface area contributed by atoms with Crippen molar-refractivity contribution in [1.82, 2.24) is 14.5 Å². The quantitative estimate of drug-likeness (QED) is 0.596. The highest BCUT2D eigenvalue weighted by Gasteiger charge is 2.27. The predicted octanol–water partition coefficient (Wildman–Crippen LogP) is 5.02. The Morgan fingerprint density at radius 1 is 1.15 bits per heavy atom. The third kappa shape index (κ3) is 5.64. The molecule has 172 valence electrons. The molecule has 0 atom stereocenters. The first-order chi connectivity index (χ1) is 15.8. The Morgan fingerprint density at radius 3 is 2.52 bits per heavy atom. The molecule has 0 saturated carbocycles. The third-order valence-corrected chi connectivity index (χ3v) is 5.89. The van der Waals surface area contributed by atoms with Crippen LogP contribution in [0.15, 0.2) is 48.5 Å². The van der Waals surface area contributed by atoms with Gasteiger partial charge in [-0.05, 0) is 69.4 Å². The van der Waals surface area contributed by atoms with E-state index in [1.807, 2.05) is 68.1 Å². The molecule has 0 bridgehead atoms. The molecule has 7 nitrogen and oxygen atoms in total. The van der Waals surface area contributed by atoms with E-state index in [2.05, 4.69) is 22.0 Å². The number of piperidine rings is 1. The van der Waals surface area contributed by atoms with Gasteiger partial charge in [0.05, 0.1) is 29.2 Å². The normalized spacial score (nSPS) is 14.8. The van der Waals surface area contributed by atoms with Crippen LogP contribution in [0.2, 0.25) is 0 Å². The summed E-state index contributed by atoms with van der Waals surface area (Å²) in [6.45, 7) is 8.58. The van der Waals surface area contributed by atoms with Crippen LogP contribution in [0.4, 0.5) is 10.7 Å². The Balaban J connectivity index is 1.41. The van der Waals surface area contributed by atoms with Gasteiger partial charge in [0, 0.05) is 19.6 Å². The van der Waals surface area contributed by atoms with Gasteiger partial charge in [-0.15, -0.1) is 0 Å². The molecule has 1 saturated heterocycles. The Morgan fingerprint density at radius 2 is 1.85 bits per heavy atom. The number of imidazole rings is 1. The van der Waals surface area contributed by atoms with Crippen molar-refractivity contribution < 1.29 is 9.53 Å². The lowest BCUT2D eigenvalue weighted by Gasteiger charge is -2.33. The van der Waals surface area contributed by atoms with Crippen LogP contribution in [0, 0.1) is 17.2 Å². The molecule has 1 N–H and O–H groups in total. The average molecular weight is 446 g/mol. The number of nitriles is 1. The predicted molar refractivity (Wildman–Crippen MR) is 129 cm³/mol. The second kappa shape index (κ2) is 9.53. The molecule has 3 aromatic rings. The van der Waals surface area contributed by atoms with E-state index in [0.29, 0.717) is 31.1 Å². The van der Waals surface area contributed by atoms with Crippen LogP contribution in [-0.4, -0.2) is 45.8 Å². The minimum atomic E-state index is -0.469. The van der Waals surface area contributed by atoms with Crippen LogP contribution in [0.3, 0.4) is 0 Å². The Hall–Kier alpha value is -3.53. The van der Waals surface area contributed by atoms with E-state index in [-0.39, 0.29) is 6.09 Å². The number of anilines is 1. The van der Waals surface area contributed by atoms with Crippen molar-refractivity contribution in [2.24, 2.45) is 5.92 Å². The van der Waals surface area contributed by atoms with Crippen LogP contribution in [0.5, 0.6) is 0 Å². The van der Waals surface area contributed by atoms with Crippen molar-refractivity contribution in [2.45, 2.75) is 45.8 Å². The maximum atomic E-state index is 12.3. The largest absolute Gasteiger partial charge is 0.444 e. The molecular formula is C26H31N5O2. The summed E-state index contributed by atoms with van der Waals surface area (Å²) in [7, 11) is 0. The van der Waals surface area contributed by atoms with Crippen LogP contribution in [-0.2, 0) is 11.3 Å². The smallest absolute Gasteiger partial charge is 0.410 e. The maximum absolute atomic E-state index is 12.3. The van der Waals surface area contributed by atoms with Gasteiger partial charge < -0.3 is 19.5 Å². The first-order valence-corrected chi connectivity index (χ1v) is 11.5. The zero-order chi connectivity index (χ0) is 23.4. The molecule has 1 amide bonds. The number of benzene rings is 2. The molecule has 1 aliphatic heterocycles. The number of carbonyl (C=O) groups is 1. The monoisotopic (exact) mass is 445 g/mol. The number of hydrogen-bond donors (Lipinski definition) is 1. The van der Waals surface area contributed by atoms with Gasteiger partial charge in [-0.25, -0.2) is 9.78 Å². The van der Waals surface area contributed by atoms with Gasteiger partial charge in [-0.2, -0.15) is 5.26 Å². The number of para-hydroxylation sites is 2. The Kier molecular flexibility index (Phi) is 6.55. The number of hydrogen-bond acceptors (Lipinski definition) is 5. The fraction of sp³-hybridized carbons (Fsp3) is 0.423. The summed E-state index contributed by atoms with van der Waals surface area (Å²) in [4.78, 5) is 18.9. The zero-order valence-electron chi connectivity index (χ0n) is 19.5. The van der Waals surface area contributed by atoms with E-state index in [0.717, 1.165) is 41.9 Å². The number of fused-ring (bicyclic) bond motifs is 1. The van der Waals surface area contributed by atoms with Crippen molar-refractivity contribution >= 4 is 23.1 Å². The lowest BCUT2D eigenvalue weighted by Crippen LogP contribution is -2.42. The number of aromatic nitrogens is 2. The lowest BCUT2D eigenvalue weighted by atomic mass is 9.97. The Bertz CT molecular complexity index is 1150. The topological polar surface area (TPSA) is 83.2 Å². The average Bonchev–Trinajstić information content (AvgIpc) is 3.15. The zero-order valence-corrected chi connectivity index (χ0v) is 19.5. The van der Waals surface area contributed by atoms with Gasteiger partial charge >= 0.3 is 6.09 Å². The van der Waals surface area contributed by atoms with Crippen molar-refractivity contribution in [3.05, 3.63) is 59.7 Å². The minimum Gasteiger partial charge on any atom is -0.444 e. The number of nitrogens with zero attached hydrogens (tertiary/aromatic N) is 4. The van der Waals surface area contributed by atoms with Crippen LogP contribution in [0.1, 0.15) is 44.7 Å². The van der Waals surface area contributed by atoms with Crippen LogP contribution < -0.4 is 5.32 Å². The molecule has 2 heterocycles. The molecule has 2 aromatic carbocycles. The summed E-state index contributed by atoms with van der Waals surface area (Å²) in [5, 5.41) is 12.6. The molecule has 1 fully saturated rings. The summed E-state index contributed by atoms with van der Waals surface area (Å²) in [6, 6.07) is 18.0. The molecule has 0 spiro atoms. The summed E-state index contributed by atoms with van der Waals surface area (Å²) in [5.74, 6) is 1.31. The second-order valence-corrected chi connectivity index (χ2v) is 9.61. The van der Waals surface area contributed by atoms with Crippen molar-refractivity contribution in [3.8, 4) is 6.07 Å².